The molecule has 0 heterocycles. The van der Waals surface area contributed by atoms with E-state index in [1.165, 1.54) is 28.8 Å². The highest BCUT2D eigenvalue weighted by Crippen LogP contribution is 2.12. The lowest BCUT2D eigenvalue weighted by Gasteiger charge is -2.08. The molecule has 0 aliphatic heterocycles. The van der Waals surface area contributed by atoms with E-state index in [1.54, 1.807) is 0 Å². The van der Waals surface area contributed by atoms with E-state index in [0.29, 0.717) is 0 Å². The van der Waals surface area contributed by atoms with Crippen molar-refractivity contribution in [2.24, 2.45) is 0 Å². The van der Waals surface area contributed by atoms with Gasteiger partial charge in [-0.3, -0.25) is 0 Å². The van der Waals surface area contributed by atoms with E-state index in [9.17, 15) is 0 Å². The molecule has 0 aliphatic rings. The van der Waals surface area contributed by atoms with Crippen LogP contribution in [0.15, 0.2) is 48.5 Å². The Hall–Kier alpha value is -1.76. The molecule has 0 aromatic heterocycles. The summed E-state index contributed by atoms with van der Waals surface area (Å²) in [7, 11) is 0. The summed E-state index contributed by atoms with van der Waals surface area (Å²) in [4.78, 5) is 0. The Morgan fingerprint density at radius 1 is 0.833 bits per heavy atom. The molecule has 2 aromatic carbocycles. The van der Waals surface area contributed by atoms with E-state index in [2.05, 4.69) is 67.7 Å². The molecule has 0 fully saturated rings. The van der Waals surface area contributed by atoms with Crippen molar-refractivity contribution in [2.45, 2.75) is 33.2 Å². The first-order chi connectivity index (χ1) is 8.78. The zero-order valence-electron chi connectivity index (χ0n) is 11.2. The highest BCUT2D eigenvalue weighted by Gasteiger charge is 1.95. The van der Waals surface area contributed by atoms with Crippen molar-refractivity contribution in [2.75, 3.05) is 5.32 Å². The van der Waals surface area contributed by atoms with Crippen molar-refractivity contribution in [1.29, 1.82) is 0 Å². The number of nitrogens with one attached hydrogen (secondary N) is 1. The second-order valence-corrected chi connectivity index (χ2v) is 4.79. The standard InChI is InChI=1S/C17H21N/c1-3-4-15-9-11-17(12-10-15)18-13-16-7-5-14(2)6-8-16/h5-12,18H,3-4,13H2,1-2H3. The molecule has 0 saturated carbocycles. The minimum absolute atomic E-state index is 0.882. The third kappa shape index (κ3) is 3.63. The van der Waals surface area contributed by atoms with Crippen molar-refractivity contribution in [1.82, 2.24) is 0 Å². The Kier molecular flexibility index (Phi) is 4.40. The number of rotatable bonds is 5. The van der Waals surface area contributed by atoms with Crippen LogP contribution in [0, 0.1) is 6.92 Å². The predicted octanol–water partition coefficient (Wildman–Crippen LogP) is 4.56. The molecule has 0 spiro atoms. The molecule has 2 aromatic rings. The first kappa shape index (κ1) is 12.7. The van der Waals surface area contributed by atoms with Crippen LogP contribution in [0.4, 0.5) is 5.69 Å². The Morgan fingerprint density at radius 2 is 1.44 bits per heavy atom. The van der Waals surface area contributed by atoms with Crippen molar-refractivity contribution < 1.29 is 0 Å². The molecule has 2 rings (SSSR count). The Labute approximate surface area is 110 Å². The zero-order valence-corrected chi connectivity index (χ0v) is 11.2. The summed E-state index contributed by atoms with van der Waals surface area (Å²) in [6.45, 7) is 5.21. The van der Waals surface area contributed by atoms with Gasteiger partial charge in [-0.1, -0.05) is 55.3 Å². The second-order valence-electron chi connectivity index (χ2n) is 4.79. The van der Waals surface area contributed by atoms with Gasteiger partial charge in [-0.25, -0.2) is 0 Å². The van der Waals surface area contributed by atoms with E-state index in [4.69, 9.17) is 0 Å². The molecule has 0 bridgehead atoms. The number of anilines is 1. The summed E-state index contributed by atoms with van der Waals surface area (Å²) < 4.78 is 0. The van der Waals surface area contributed by atoms with Crippen LogP contribution >= 0.6 is 0 Å². The van der Waals surface area contributed by atoms with E-state index in [1.807, 2.05) is 0 Å². The van der Waals surface area contributed by atoms with Gasteiger partial charge in [0.15, 0.2) is 0 Å². The Bertz CT molecular complexity index is 468. The van der Waals surface area contributed by atoms with Crippen molar-refractivity contribution >= 4 is 5.69 Å². The lowest BCUT2D eigenvalue weighted by atomic mass is 10.1. The molecule has 0 unspecified atom stereocenters. The van der Waals surface area contributed by atoms with Gasteiger partial charge in [0.2, 0.25) is 0 Å². The van der Waals surface area contributed by atoms with Crippen molar-refractivity contribution in [3.63, 3.8) is 0 Å². The van der Waals surface area contributed by atoms with E-state index in [0.717, 1.165) is 13.0 Å². The van der Waals surface area contributed by atoms with Crippen LogP contribution in [0.1, 0.15) is 30.0 Å². The van der Waals surface area contributed by atoms with Crippen LogP contribution in [0.2, 0.25) is 0 Å². The minimum Gasteiger partial charge on any atom is -0.381 e. The lowest BCUT2D eigenvalue weighted by molar-refractivity contribution is 0.922. The lowest BCUT2D eigenvalue weighted by Crippen LogP contribution is -1.99. The minimum atomic E-state index is 0.882. The summed E-state index contributed by atoms with van der Waals surface area (Å²) in [5.41, 5.74) is 5.23. The monoisotopic (exact) mass is 239 g/mol. The van der Waals surface area contributed by atoms with Crippen LogP contribution in [0.3, 0.4) is 0 Å². The smallest absolute Gasteiger partial charge is 0.0400 e. The van der Waals surface area contributed by atoms with Gasteiger partial charge >= 0.3 is 0 Å². The molecule has 0 atom stereocenters. The molecule has 0 aliphatic carbocycles. The summed E-state index contributed by atoms with van der Waals surface area (Å²) in [6.07, 6.45) is 2.37. The Morgan fingerprint density at radius 3 is 2.06 bits per heavy atom. The molecule has 1 N–H and O–H groups in total. The first-order valence-electron chi connectivity index (χ1n) is 6.66. The van der Waals surface area contributed by atoms with Gasteiger partial charge in [0.05, 0.1) is 0 Å². The normalized spacial score (nSPS) is 10.3. The van der Waals surface area contributed by atoms with Gasteiger partial charge < -0.3 is 5.32 Å². The molecule has 1 heteroatoms. The van der Waals surface area contributed by atoms with Crippen LogP contribution in [0.5, 0.6) is 0 Å². The third-order valence-corrected chi connectivity index (χ3v) is 3.11. The predicted molar refractivity (Wildman–Crippen MR) is 78.9 cm³/mol. The fourth-order valence-corrected chi connectivity index (χ4v) is 1.99. The average Bonchev–Trinajstić information content (AvgIpc) is 2.40. The maximum absolute atomic E-state index is 3.45. The summed E-state index contributed by atoms with van der Waals surface area (Å²) in [6, 6.07) is 17.4. The van der Waals surface area contributed by atoms with Crippen molar-refractivity contribution in [3.05, 3.63) is 65.2 Å². The van der Waals surface area contributed by atoms with Crippen LogP contribution in [-0.4, -0.2) is 0 Å². The molecular weight excluding hydrogens is 218 g/mol. The fraction of sp³-hybridized carbons (Fsp3) is 0.294. The van der Waals surface area contributed by atoms with Gasteiger partial charge in [-0.15, -0.1) is 0 Å². The van der Waals surface area contributed by atoms with Gasteiger partial charge in [0.1, 0.15) is 0 Å². The average molecular weight is 239 g/mol. The van der Waals surface area contributed by atoms with Gasteiger partial charge in [0, 0.05) is 12.2 Å². The Balaban J connectivity index is 1.91. The molecule has 0 radical (unpaired) electrons. The van der Waals surface area contributed by atoms with Crippen LogP contribution in [-0.2, 0) is 13.0 Å². The highest BCUT2D eigenvalue weighted by atomic mass is 14.9. The number of hydrogen-bond donors (Lipinski definition) is 1. The molecule has 1 nitrogen and oxygen atoms in total. The third-order valence-electron chi connectivity index (χ3n) is 3.11. The zero-order chi connectivity index (χ0) is 12.8. The van der Waals surface area contributed by atoms with E-state index < -0.39 is 0 Å². The molecular formula is C17H21N. The topological polar surface area (TPSA) is 12.0 Å². The molecule has 18 heavy (non-hydrogen) atoms. The van der Waals surface area contributed by atoms with Crippen molar-refractivity contribution in [3.8, 4) is 0 Å². The van der Waals surface area contributed by atoms with E-state index in [-0.39, 0.29) is 0 Å². The molecule has 0 saturated heterocycles. The second kappa shape index (κ2) is 6.25. The highest BCUT2D eigenvalue weighted by molar-refractivity contribution is 5.45. The summed E-state index contributed by atoms with van der Waals surface area (Å²) in [5.74, 6) is 0. The summed E-state index contributed by atoms with van der Waals surface area (Å²) in [5, 5.41) is 3.45. The first-order valence-corrected chi connectivity index (χ1v) is 6.66. The number of aryl methyl sites for hydroxylation is 2. The maximum atomic E-state index is 3.45. The SMILES string of the molecule is CCCc1ccc(NCc2ccc(C)cc2)cc1. The number of hydrogen-bond acceptors (Lipinski definition) is 1. The van der Waals surface area contributed by atoms with Gasteiger partial charge in [-0.2, -0.15) is 0 Å². The molecule has 0 amide bonds. The van der Waals surface area contributed by atoms with Crippen LogP contribution < -0.4 is 5.32 Å². The molecule has 94 valence electrons. The van der Waals surface area contributed by atoms with Gasteiger partial charge in [0.25, 0.3) is 0 Å². The fourth-order valence-electron chi connectivity index (χ4n) is 1.99. The maximum Gasteiger partial charge on any atom is 0.0400 e. The van der Waals surface area contributed by atoms with Gasteiger partial charge in [-0.05, 0) is 36.6 Å². The summed E-state index contributed by atoms with van der Waals surface area (Å²) >= 11 is 0. The largest absolute Gasteiger partial charge is 0.381 e. The van der Waals surface area contributed by atoms with E-state index >= 15 is 0 Å². The number of benzene rings is 2. The van der Waals surface area contributed by atoms with Crippen LogP contribution in [0.25, 0.3) is 0 Å². The quantitative estimate of drug-likeness (QED) is 0.806.